The van der Waals surface area contributed by atoms with Gasteiger partial charge < -0.3 is 20.5 Å². The quantitative estimate of drug-likeness (QED) is 0.742. The van der Waals surface area contributed by atoms with E-state index < -0.39 is 0 Å². The molecule has 0 aliphatic carbocycles. The molecular weight excluding hydrogens is 244 g/mol. The normalized spacial score (nSPS) is 25.0. The van der Waals surface area contributed by atoms with Crippen LogP contribution in [0.3, 0.4) is 0 Å². The van der Waals surface area contributed by atoms with Crippen LogP contribution >= 0.6 is 11.6 Å². The fraction of sp³-hybridized carbons (Fsp3) is 0.600. The Bertz CT molecular complexity index is 404. The first-order valence-corrected chi connectivity index (χ1v) is 5.77. The summed E-state index contributed by atoms with van der Waals surface area (Å²) in [4.78, 5) is 9.89. The van der Waals surface area contributed by atoms with Crippen LogP contribution in [0.5, 0.6) is 0 Å². The molecule has 7 heteroatoms. The lowest BCUT2D eigenvalue weighted by molar-refractivity contribution is -0.0422. The van der Waals surface area contributed by atoms with Gasteiger partial charge in [-0.3, -0.25) is 0 Å². The highest BCUT2D eigenvalue weighted by Crippen LogP contribution is 2.24. The van der Waals surface area contributed by atoms with Crippen LogP contribution in [0.4, 0.5) is 11.5 Å². The number of aliphatic hydroxyl groups excluding tert-OH is 1. The lowest BCUT2D eigenvalue weighted by Gasteiger charge is -2.37. The molecule has 0 spiro atoms. The highest BCUT2D eigenvalue weighted by molar-refractivity contribution is 6.28. The fourth-order valence-corrected chi connectivity index (χ4v) is 2.06. The lowest BCUT2D eigenvalue weighted by atomic mass is 10.2. The van der Waals surface area contributed by atoms with Crippen LogP contribution in [-0.2, 0) is 4.74 Å². The van der Waals surface area contributed by atoms with E-state index in [0.717, 1.165) is 0 Å². The van der Waals surface area contributed by atoms with Crippen LogP contribution in [0, 0.1) is 0 Å². The zero-order valence-electron chi connectivity index (χ0n) is 9.51. The summed E-state index contributed by atoms with van der Waals surface area (Å²) < 4.78 is 5.55. The van der Waals surface area contributed by atoms with E-state index in [1.54, 1.807) is 0 Å². The van der Waals surface area contributed by atoms with Gasteiger partial charge in [0.05, 0.1) is 30.7 Å². The van der Waals surface area contributed by atoms with Crippen molar-refractivity contribution in [1.29, 1.82) is 0 Å². The largest absolute Gasteiger partial charge is 0.394 e. The third kappa shape index (κ3) is 2.77. The number of nitrogens with zero attached hydrogens (tertiary/aromatic N) is 3. The minimum atomic E-state index is -0.230. The second kappa shape index (κ2) is 5.03. The molecule has 2 rings (SSSR count). The highest BCUT2D eigenvalue weighted by Gasteiger charge is 2.26. The molecule has 6 nitrogen and oxygen atoms in total. The second-order valence-corrected chi connectivity index (χ2v) is 4.41. The molecule has 17 heavy (non-hydrogen) atoms. The average Bonchev–Trinajstić information content (AvgIpc) is 2.31. The zero-order valence-corrected chi connectivity index (χ0v) is 10.3. The number of morpholine rings is 1. The van der Waals surface area contributed by atoms with Gasteiger partial charge in [-0.25, -0.2) is 4.98 Å². The molecule has 0 saturated carbocycles. The topological polar surface area (TPSA) is 84.5 Å². The van der Waals surface area contributed by atoms with Crippen LogP contribution in [0.25, 0.3) is 0 Å². The minimum Gasteiger partial charge on any atom is -0.394 e. The third-order valence-corrected chi connectivity index (χ3v) is 2.78. The first kappa shape index (κ1) is 12.3. The summed E-state index contributed by atoms with van der Waals surface area (Å²) in [6, 6.07) is 0. The summed E-state index contributed by atoms with van der Waals surface area (Å²) in [5.41, 5.74) is 6.30. The molecule has 2 heterocycles. The number of nitrogens with two attached hydrogens (primary N) is 1. The van der Waals surface area contributed by atoms with Gasteiger partial charge in [-0.2, -0.15) is 4.98 Å². The molecule has 94 valence electrons. The molecule has 0 radical (unpaired) electrons. The number of rotatable bonds is 2. The predicted molar refractivity (Wildman–Crippen MR) is 65.1 cm³/mol. The Labute approximate surface area is 104 Å². The number of hydrogen-bond acceptors (Lipinski definition) is 6. The van der Waals surface area contributed by atoms with E-state index in [1.807, 2.05) is 11.8 Å². The van der Waals surface area contributed by atoms with Crippen molar-refractivity contribution in [2.45, 2.75) is 19.1 Å². The summed E-state index contributed by atoms with van der Waals surface area (Å²) in [7, 11) is 0. The molecular formula is C10H15ClN4O2. The van der Waals surface area contributed by atoms with E-state index in [1.165, 1.54) is 6.20 Å². The third-order valence-electron chi connectivity index (χ3n) is 2.60. The summed E-state index contributed by atoms with van der Waals surface area (Å²) in [5.74, 6) is 0.596. The molecule has 1 aromatic rings. The monoisotopic (exact) mass is 258 g/mol. The molecule has 1 fully saturated rings. The summed E-state index contributed by atoms with van der Waals surface area (Å²) in [5, 5.41) is 9.32. The Morgan fingerprint density at radius 2 is 2.41 bits per heavy atom. The minimum absolute atomic E-state index is 0.00837. The Balaban J connectivity index is 2.23. The maximum absolute atomic E-state index is 9.16. The van der Waals surface area contributed by atoms with Gasteiger partial charge in [-0.05, 0) is 18.5 Å². The number of hydrogen-bond donors (Lipinski definition) is 2. The van der Waals surface area contributed by atoms with E-state index in [4.69, 9.17) is 27.2 Å². The van der Waals surface area contributed by atoms with Crippen molar-refractivity contribution in [2.75, 3.05) is 30.3 Å². The molecule has 0 amide bonds. The summed E-state index contributed by atoms with van der Waals surface area (Å²) >= 11 is 5.76. The molecule has 0 aromatic carbocycles. The van der Waals surface area contributed by atoms with E-state index in [2.05, 4.69) is 9.97 Å². The molecule has 1 aliphatic heterocycles. The Morgan fingerprint density at radius 1 is 1.65 bits per heavy atom. The van der Waals surface area contributed by atoms with E-state index >= 15 is 0 Å². The van der Waals surface area contributed by atoms with Crippen molar-refractivity contribution in [3.63, 3.8) is 0 Å². The number of ether oxygens (including phenoxy) is 1. The van der Waals surface area contributed by atoms with Crippen LogP contribution in [0.15, 0.2) is 6.20 Å². The van der Waals surface area contributed by atoms with Gasteiger partial charge in [-0.15, -0.1) is 0 Å². The molecule has 1 aliphatic rings. The first-order valence-electron chi connectivity index (χ1n) is 5.39. The molecule has 2 atom stereocenters. The average molecular weight is 259 g/mol. The van der Waals surface area contributed by atoms with Crippen LogP contribution in [0.2, 0.25) is 5.28 Å². The SMILES string of the molecule is CC1CN(c2nc(Cl)ncc2N)CC(CO)O1. The maximum atomic E-state index is 9.16. The van der Waals surface area contributed by atoms with Gasteiger partial charge >= 0.3 is 0 Å². The second-order valence-electron chi connectivity index (χ2n) is 4.07. The fourth-order valence-electron chi connectivity index (χ4n) is 1.93. The van der Waals surface area contributed by atoms with Crippen molar-refractivity contribution in [1.82, 2.24) is 9.97 Å². The zero-order chi connectivity index (χ0) is 12.4. The molecule has 1 aromatic heterocycles. The predicted octanol–water partition coefficient (Wildman–Crippen LogP) is 0.298. The standard InChI is InChI=1S/C10H15ClN4O2/c1-6-3-15(4-7(5-16)17-6)9-8(12)2-13-10(11)14-9/h2,6-7,16H,3-5,12H2,1H3. The van der Waals surface area contributed by atoms with E-state index in [-0.39, 0.29) is 24.1 Å². The number of aliphatic hydroxyl groups is 1. The van der Waals surface area contributed by atoms with Gasteiger partial charge in [0.15, 0.2) is 5.82 Å². The van der Waals surface area contributed by atoms with Crippen molar-refractivity contribution < 1.29 is 9.84 Å². The Morgan fingerprint density at radius 3 is 3.12 bits per heavy atom. The van der Waals surface area contributed by atoms with Crippen LogP contribution < -0.4 is 10.6 Å². The molecule has 1 saturated heterocycles. The number of aromatic nitrogens is 2. The smallest absolute Gasteiger partial charge is 0.224 e. The highest BCUT2D eigenvalue weighted by atomic mass is 35.5. The van der Waals surface area contributed by atoms with Crippen molar-refractivity contribution in [3.05, 3.63) is 11.5 Å². The summed E-state index contributed by atoms with van der Waals surface area (Å²) in [6.07, 6.45) is 1.26. The van der Waals surface area contributed by atoms with Gasteiger partial charge in [0.1, 0.15) is 0 Å². The van der Waals surface area contributed by atoms with Crippen LogP contribution in [0.1, 0.15) is 6.92 Å². The van der Waals surface area contributed by atoms with Gasteiger partial charge in [0.2, 0.25) is 5.28 Å². The first-order chi connectivity index (χ1) is 8.10. The van der Waals surface area contributed by atoms with Gasteiger partial charge in [0, 0.05) is 13.1 Å². The van der Waals surface area contributed by atoms with E-state index in [0.29, 0.717) is 24.6 Å². The Hall–Kier alpha value is -1.11. The van der Waals surface area contributed by atoms with Crippen molar-refractivity contribution in [3.8, 4) is 0 Å². The number of nitrogen functional groups attached to an aromatic ring is 1. The van der Waals surface area contributed by atoms with Gasteiger partial charge in [0.25, 0.3) is 0 Å². The van der Waals surface area contributed by atoms with Gasteiger partial charge in [-0.1, -0.05) is 0 Å². The van der Waals surface area contributed by atoms with Crippen molar-refractivity contribution >= 4 is 23.1 Å². The van der Waals surface area contributed by atoms with Crippen molar-refractivity contribution in [2.24, 2.45) is 0 Å². The lowest BCUT2D eigenvalue weighted by Crippen LogP contribution is -2.48. The Kier molecular flexibility index (Phi) is 3.66. The molecule has 2 unspecified atom stereocenters. The number of halogens is 1. The van der Waals surface area contributed by atoms with Crippen LogP contribution in [-0.4, -0.2) is 47.0 Å². The molecule has 3 N–H and O–H groups in total. The summed E-state index contributed by atoms with van der Waals surface area (Å²) in [6.45, 7) is 3.11. The molecule has 0 bridgehead atoms. The number of anilines is 2. The van der Waals surface area contributed by atoms with E-state index in [9.17, 15) is 0 Å². The maximum Gasteiger partial charge on any atom is 0.224 e.